The molecule has 1 fully saturated rings. The maximum atomic E-state index is 13.7. The molecule has 1 atom stereocenters. The number of anilines is 1. The minimum atomic E-state index is -0.754. The Morgan fingerprint density at radius 3 is 2.86 bits per heavy atom. The Kier molecular flexibility index (Phi) is 4.20. The molecule has 2 aliphatic rings. The zero-order valence-electron chi connectivity index (χ0n) is 15.5. The number of hydrogen-bond acceptors (Lipinski definition) is 4. The summed E-state index contributed by atoms with van der Waals surface area (Å²) in [6, 6.07) is 14.0. The van der Waals surface area contributed by atoms with Gasteiger partial charge in [-0.3, -0.25) is 9.59 Å². The summed E-state index contributed by atoms with van der Waals surface area (Å²) in [6.45, 7) is 1.14. The fraction of sp³-hybridized carbons (Fsp3) is 0.227. The highest BCUT2D eigenvalue weighted by Crippen LogP contribution is 2.47. The van der Waals surface area contributed by atoms with Crippen LogP contribution in [0.3, 0.4) is 0 Å². The van der Waals surface area contributed by atoms with E-state index in [1.807, 2.05) is 30.3 Å². The number of fused-ring (bicyclic) bond motifs is 2. The van der Waals surface area contributed by atoms with Crippen LogP contribution < -0.4 is 4.90 Å². The first-order valence-electron chi connectivity index (χ1n) is 9.42. The number of thiazole rings is 1. The van der Waals surface area contributed by atoms with Crippen molar-refractivity contribution in [3.8, 4) is 0 Å². The summed E-state index contributed by atoms with van der Waals surface area (Å²) in [5.74, 6) is -0.494. The van der Waals surface area contributed by atoms with Crippen LogP contribution in [0.1, 0.15) is 28.0 Å². The van der Waals surface area contributed by atoms with Crippen molar-refractivity contribution in [2.45, 2.75) is 18.4 Å². The van der Waals surface area contributed by atoms with Crippen LogP contribution in [0.4, 0.5) is 10.1 Å². The molecule has 0 N–H and O–H groups in total. The number of amides is 2. The number of para-hydroxylation sites is 1. The molecule has 146 valence electrons. The predicted molar refractivity (Wildman–Crippen MR) is 108 cm³/mol. The summed E-state index contributed by atoms with van der Waals surface area (Å²) in [5.41, 5.74) is 3.81. The topological polar surface area (TPSA) is 53.5 Å². The van der Waals surface area contributed by atoms with E-state index >= 15 is 0 Å². The van der Waals surface area contributed by atoms with Crippen LogP contribution >= 0.6 is 11.3 Å². The Labute approximate surface area is 171 Å². The van der Waals surface area contributed by atoms with E-state index in [9.17, 15) is 14.0 Å². The molecule has 0 bridgehead atoms. The molecule has 2 amide bonds. The van der Waals surface area contributed by atoms with Crippen LogP contribution in [0, 0.1) is 5.82 Å². The molecule has 1 saturated heterocycles. The van der Waals surface area contributed by atoms with E-state index < -0.39 is 5.41 Å². The Morgan fingerprint density at radius 2 is 2.07 bits per heavy atom. The van der Waals surface area contributed by atoms with Gasteiger partial charge in [-0.25, -0.2) is 9.37 Å². The molecular formula is C22H18FN3O2S. The number of halogens is 1. The van der Waals surface area contributed by atoms with Crippen LogP contribution in [-0.4, -0.2) is 34.8 Å². The van der Waals surface area contributed by atoms with Crippen molar-refractivity contribution in [2.24, 2.45) is 0 Å². The normalized spacial score (nSPS) is 20.5. The highest BCUT2D eigenvalue weighted by atomic mass is 32.1. The molecular weight excluding hydrogens is 389 g/mol. The van der Waals surface area contributed by atoms with Gasteiger partial charge in [-0.1, -0.05) is 30.3 Å². The zero-order chi connectivity index (χ0) is 20.0. The highest BCUT2D eigenvalue weighted by molar-refractivity contribution is 7.07. The Bertz CT molecular complexity index is 1100. The van der Waals surface area contributed by atoms with Gasteiger partial charge in [0.15, 0.2) is 0 Å². The number of carbonyl (C=O) groups is 2. The van der Waals surface area contributed by atoms with Crippen LogP contribution in [0.15, 0.2) is 59.4 Å². The fourth-order valence-corrected chi connectivity index (χ4v) is 4.95. The molecule has 1 unspecified atom stereocenters. The lowest BCUT2D eigenvalue weighted by Crippen LogP contribution is -2.43. The van der Waals surface area contributed by atoms with Gasteiger partial charge in [0, 0.05) is 24.2 Å². The second-order valence-corrected chi connectivity index (χ2v) is 8.19. The van der Waals surface area contributed by atoms with E-state index in [4.69, 9.17) is 0 Å². The van der Waals surface area contributed by atoms with Crippen molar-refractivity contribution in [1.29, 1.82) is 0 Å². The van der Waals surface area contributed by atoms with Crippen molar-refractivity contribution in [3.63, 3.8) is 0 Å². The first-order chi connectivity index (χ1) is 14.1. The third kappa shape index (κ3) is 2.84. The van der Waals surface area contributed by atoms with Gasteiger partial charge in [0.25, 0.3) is 5.91 Å². The third-order valence-electron chi connectivity index (χ3n) is 5.80. The Morgan fingerprint density at radius 1 is 1.21 bits per heavy atom. The maximum absolute atomic E-state index is 13.7. The van der Waals surface area contributed by atoms with E-state index in [1.165, 1.54) is 23.5 Å². The number of benzene rings is 2. The van der Waals surface area contributed by atoms with Crippen molar-refractivity contribution in [3.05, 3.63) is 82.1 Å². The van der Waals surface area contributed by atoms with E-state index in [0.29, 0.717) is 31.7 Å². The quantitative estimate of drug-likeness (QED) is 0.667. The standard InChI is InChI=1S/C22H18FN3O2S/c23-16-5-3-4-15(10-16)11-26-19-7-2-1-6-17(19)22(21(26)28)8-9-25(13-22)20(27)18-12-29-14-24-18/h1-7,10,12,14H,8-9,11,13H2. The fourth-order valence-electron chi connectivity index (χ4n) is 4.43. The molecule has 1 aromatic heterocycles. The van der Waals surface area contributed by atoms with Gasteiger partial charge in [-0.15, -0.1) is 11.3 Å². The van der Waals surface area contributed by atoms with Gasteiger partial charge in [0.1, 0.15) is 11.5 Å². The molecule has 2 aromatic carbocycles. The molecule has 7 heteroatoms. The number of carbonyl (C=O) groups excluding carboxylic acids is 2. The average Bonchev–Trinajstić information content (AvgIpc) is 3.45. The van der Waals surface area contributed by atoms with Crippen molar-refractivity contribution >= 4 is 28.8 Å². The Hall–Kier alpha value is -3.06. The smallest absolute Gasteiger partial charge is 0.273 e. The highest BCUT2D eigenvalue weighted by Gasteiger charge is 2.55. The zero-order valence-corrected chi connectivity index (χ0v) is 16.4. The van der Waals surface area contributed by atoms with E-state index in [0.717, 1.165) is 16.8 Å². The summed E-state index contributed by atoms with van der Waals surface area (Å²) < 4.78 is 13.7. The SMILES string of the molecule is O=C(c1cscn1)N1CCC2(C1)C(=O)N(Cc1cccc(F)c1)c1ccccc12. The van der Waals surface area contributed by atoms with Gasteiger partial charge in [0.05, 0.1) is 17.5 Å². The monoisotopic (exact) mass is 407 g/mol. The maximum Gasteiger partial charge on any atom is 0.273 e. The summed E-state index contributed by atoms with van der Waals surface area (Å²) in [4.78, 5) is 33.9. The molecule has 29 heavy (non-hydrogen) atoms. The average molecular weight is 407 g/mol. The third-order valence-corrected chi connectivity index (χ3v) is 6.39. The summed E-state index contributed by atoms with van der Waals surface area (Å²) >= 11 is 1.38. The number of likely N-dealkylation sites (tertiary alicyclic amines) is 1. The van der Waals surface area contributed by atoms with Crippen LogP contribution in [0.25, 0.3) is 0 Å². The van der Waals surface area contributed by atoms with Gasteiger partial charge in [-0.2, -0.15) is 0 Å². The Balaban J connectivity index is 1.48. The van der Waals surface area contributed by atoms with Crippen LogP contribution in [0.2, 0.25) is 0 Å². The molecule has 1 spiro atoms. The first-order valence-corrected chi connectivity index (χ1v) is 10.4. The first kappa shape index (κ1) is 18.0. The molecule has 2 aliphatic heterocycles. The molecule has 0 radical (unpaired) electrons. The minimum Gasteiger partial charge on any atom is -0.336 e. The lowest BCUT2D eigenvalue weighted by Gasteiger charge is -2.24. The molecule has 0 aliphatic carbocycles. The summed E-state index contributed by atoms with van der Waals surface area (Å²) in [7, 11) is 0. The summed E-state index contributed by atoms with van der Waals surface area (Å²) in [6.07, 6.45) is 0.568. The van der Waals surface area contributed by atoms with E-state index in [-0.39, 0.29) is 17.6 Å². The van der Waals surface area contributed by atoms with Gasteiger partial charge in [0.2, 0.25) is 5.91 Å². The molecule has 0 saturated carbocycles. The minimum absolute atomic E-state index is 0.0310. The molecule has 3 aromatic rings. The second kappa shape index (κ2) is 6.77. The molecule has 5 nitrogen and oxygen atoms in total. The van der Waals surface area contributed by atoms with Gasteiger partial charge >= 0.3 is 0 Å². The number of rotatable bonds is 3. The van der Waals surface area contributed by atoms with E-state index in [2.05, 4.69) is 4.98 Å². The van der Waals surface area contributed by atoms with Crippen LogP contribution in [-0.2, 0) is 16.8 Å². The van der Waals surface area contributed by atoms with Gasteiger partial charge in [-0.05, 0) is 35.7 Å². The van der Waals surface area contributed by atoms with Crippen molar-refractivity contribution < 1.29 is 14.0 Å². The van der Waals surface area contributed by atoms with Gasteiger partial charge < -0.3 is 9.80 Å². The van der Waals surface area contributed by atoms with Crippen molar-refractivity contribution in [2.75, 3.05) is 18.0 Å². The largest absolute Gasteiger partial charge is 0.336 e. The lowest BCUT2D eigenvalue weighted by molar-refractivity contribution is -0.122. The molecule has 3 heterocycles. The van der Waals surface area contributed by atoms with E-state index in [1.54, 1.807) is 26.8 Å². The molecule has 5 rings (SSSR count). The number of nitrogens with zero attached hydrogens (tertiary/aromatic N) is 3. The predicted octanol–water partition coefficient (Wildman–Crippen LogP) is 3.61. The number of hydrogen-bond donors (Lipinski definition) is 0. The number of aromatic nitrogens is 1. The van der Waals surface area contributed by atoms with Crippen LogP contribution in [0.5, 0.6) is 0 Å². The second-order valence-electron chi connectivity index (χ2n) is 7.47. The van der Waals surface area contributed by atoms with Crippen molar-refractivity contribution in [1.82, 2.24) is 9.88 Å². The summed E-state index contributed by atoms with van der Waals surface area (Å²) in [5, 5.41) is 1.73. The lowest BCUT2D eigenvalue weighted by atomic mass is 9.81.